The lowest BCUT2D eigenvalue weighted by Gasteiger charge is -2.40. The third-order valence-corrected chi connectivity index (χ3v) is 7.88. The smallest absolute Gasteiger partial charge is 0.339 e. The molecule has 0 aliphatic carbocycles. The number of thioether (sulfide) groups is 1. The molecule has 8 heteroatoms. The van der Waals surface area contributed by atoms with E-state index in [1.165, 1.54) is 26.0 Å². The molecule has 2 aliphatic rings. The van der Waals surface area contributed by atoms with Crippen molar-refractivity contribution in [1.82, 2.24) is 0 Å². The molecule has 1 spiro atoms. The number of ether oxygens (including phenoxy) is 4. The van der Waals surface area contributed by atoms with E-state index in [4.69, 9.17) is 18.9 Å². The fourth-order valence-corrected chi connectivity index (χ4v) is 6.56. The molecule has 0 bridgehead atoms. The highest BCUT2D eigenvalue weighted by Crippen LogP contribution is 2.63. The van der Waals surface area contributed by atoms with Gasteiger partial charge in [-0.25, -0.2) is 9.59 Å². The van der Waals surface area contributed by atoms with Crippen LogP contribution in [0.1, 0.15) is 11.1 Å². The zero-order chi connectivity index (χ0) is 23.9. The van der Waals surface area contributed by atoms with Gasteiger partial charge in [0.1, 0.15) is 22.0 Å². The van der Waals surface area contributed by atoms with Crippen LogP contribution in [0.5, 0.6) is 17.2 Å². The molecular weight excluding hydrogens is 454 g/mol. The number of nitrogens with zero attached hydrogens (tertiary/aromatic N) is 1. The number of rotatable bonds is 4. The maximum Gasteiger partial charge on any atom is 0.339 e. The first-order valence-corrected chi connectivity index (χ1v) is 11.6. The molecule has 34 heavy (non-hydrogen) atoms. The lowest BCUT2D eigenvalue weighted by atomic mass is 9.80. The Kier molecular flexibility index (Phi) is 5.61. The molecule has 1 saturated heterocycles. The Morgan fingerprint density at radius 2 is 1.38 bits per heavy atom. The zero-order valence-electron chi connectivity index (χ0n) is 18.9. The van der Waals surface area contributed by atoms with Gasteiger partial charge in [0.15, 0.2) is 11.4 Å². The Hall–Kier alpha value is -3.65. The van der Waals surface area contributed by atoms with Crippen molar-refractivity contribution < 1.29 is 28.5 Å². The second kappa shape index (κ2) is 8.61. The minimum Gasteiger partial charge on any atom is -0.497 e. The lowest BCUT2D eigenvalue weighted by Crippen LogP contribution is -2.52. The van der Waals surface area contributed by atoms with E-state index in [0.29, 0.717) is 22.9 Å². The lowest BCUT2D eigenvalue weighted by molar-refractivity contribution is -0.143. The molecule has 0 saturated carbocycles. The number of esters is 2. The molecule has 2 aliphatic heterocycles. The van der Waals surface area contributed by atoms with Crippen molar-refractivity contribution in [3.8, 4) is 17.2 Å². The number of fused-ring (bicyclic) bond motifs is 4. The molecule has 0 amide bonds. The average molecular weight is 478 g/mol. The average Bonchev–Trinajstić information content (AvgIpc) is 3.24. The first-order valence-electron chi connectivity index (χ1n) is 10.7. The van der Waals surface area contributed by atoms with Gasteiger partial charge in [0.05, 0.1) is 21.3 Å². The van der Waals surface area contributed by atoms with E-state index >= 15 is 0 Å². The van der Waals surface area contributed by atoms with Crippen LogP contribution in [0.3, 0.4) is 0 Å². The highest BCUT2D eigenvalue weighted by Gasteiger charge is 2.63. The van der Waals surface area contributed by atoms with Crippen LogP contribution in [0.4, 0.5) is 5.69 Å². The summed E-state index contributed by atoms with van der Waals surface area (Å²) in [6, 6.07) is 21.5. The molecule has 0 aromatic heterocycles. The van der Waals surface area contributed by atoms with Gasteiger partial charge in [-0.2, -0.15) is 0 Å². The molecule has 0 unspecified atom stereocenters. The molecule has 2 heterocycles. The number of hydrogen-bond acceptors (Lipinski definition) is 8. The second-order valence-electron chi connectivity index (χ2n) is 7.85. The van der Waals surface area contributed by atoms with Crippen LogP contribution >= 0.6 is 11.8 Å². The third-order valence-electron chi connectivity index (χ3n) is 6.21. The van der Waals surface area contributed by atoms with Crippen molar-refractivity contribution in [2.75, 3.05) is 26.2 Å². The highest BCUT2D eigenvalue weighted by atomic mass is 32.2. The summed E-state index contributed by atoms with van der Waals surface area (Å²) in [5.74, 6) is 0.983. The molecule has 1 fully saturated rings. The number of methoxy groups -OCH3 is 3. The maximum atomic E-state index is 13.6. The van der Waals surface area contributed by atoms with E-state index in [1.807, 2.05) is 60.7 Å². The van der Waals surface area contributed by atoms with Gasteiger partial charge in [-0.15, -0.1) is 11.8 Å². The molecule has 174 valence electrons. The van der Waals surface area contributed by atoms with E-state index in [9.17, 15) is 9.59 Å². The SMILES string of the molecule is COC(=O)[C@@H]1N(c2ccc(OC)cc2)[C@H](C(=O)OC)SC12c1ccccc1Oc1ccccc12. The summed E-state index contributed by atoms with van der Waals surface area (Å²) in [7, 11) is 4.29. The van der Waals surface area contributed by atoms with Crippen LogP contribution in [0, 0.1) is 0 Å². The second-order valence-corrected chi connectivity index (χ2v) is 9.18. The van der Waals surface area contributed by atoms with Crippen molar-refractivity contribution in [1.29, 1.82) is 0 Å². The van der Waals surface area contributed by atoms with Crippen molar-refractivity contribution in [2.24, 2.45) is 0 Å². The zero-order valence-corrected chi connectivity index (χ0v) is 19.7. The number of carbonyl (C=O) groups is 2. The predicted octanol–water partition coefficient (Wildman–Crippen LogP) is 4.34. The third kappa shape index (κ3) is 3.20. The standard InChI is InChI=1S/C26H23NO6S/c1-30-17-14-12-16(13-15-17)27-22(24(28)31-2)26(34-23(27)25(29)32-3)18-8-4-6-10-20(18)33-21-11-7-5-9-19(21)26/h4-15,22-23H,1-3H3/t22-,23-/m0/s1. The summed E-state index contributed by atoms with van der Waals surface area (Å²) in [6.07, 6.45) is 0. The first-order chi connectivity index (χ1) is 16.5. The number of anilines is 1. The topological polar surface area (TPSA) is 74.3 Å². The van der Waals surface area contributed by atoms with Gasteiger partial charge < -0.3 is 23.8 Å². The Balaban J connectivity index is 1.81. The number of para-hydroxylation sites is 2. The van der Waals surface area contributed by atoms with Crippen LogP contribution in [0.25, 0.3) is 0 Å². The minimum atomic E-state index is -0.989. The monoisotopic (exact) mass is 477 g/mol. The summed E-state index contributed by atoms with van der Waals surface area (Å²) in [5.41, 5.74) is 2.25. The normalized spacial score (nSPS) is 19.6. The molecule has 0 N–H and O–H groups in total. The van der Waals surface area contributed by atoms with Crippen molar-refractivity contribution in [3.63, 3.8) is 0 Å². The van der Waals surface area contributed by atoms with Gasteiger partial charge in [0.25, 0.3) is 0 Å². The molecule has 0 radical (unpaired) electrons. The van der Waals surface area contributed by atoms with Gasteiger partial charge >= 0.3 is 11.9 Å². The van der Waals surface area contributed by atoms with Gasteiger partial charge in [-0.3, -0.25) is 0 Å². The Morgan fingerprint density at radius 3 is 1.91 bits per heavy atom. The Labute approximate surface area is 201 Å². The largest absolute Gasteiger partial charge is 0.497 e. The van der Waals surface area contributed by atoms with E-state index in [0.717, 1.165) is 11.1 Å². The summed E-state index contributed by atoms with van der Waals surface area (Å²) < 4.78 is 21.0. The van der Waals surface area contributed by atoms with Gasteiger partial charge in [0.2, 0.25) is 0 Å². The Morgan fingerprint density at radius 1 is 0.824 bits per heavy atom. The molecule has 7 nitrogen and oxygen atoms in total. The fraction of sp³-hybridized carbons (Fsp3) is 0.231. The number of carbonyl (C=O) groups excluding carboxylic acids is 2. The van der Waals surface area contributed by atoms with Crippen LogP contribution in [0.2, 0.25) is 0 Å². The van der Waals surface area contributed by atoms with Crippen LogP contribution in [0.15, 0.2) is 72.8 Å². The fourth-order valence-electron chi connectivity index (χ4n) is 4.73. The quantitative estimate of drug-likeness (QED) is 0.514. The van der Waals surface area contributed by atoms with Gasteiger partial charge in [-0.05, 0) is 36.4 Å². The van der Waals surface area contributed by atoms with Gasteiger partial charge in [-0.1, -0.05) is 36.4 Å². The van der Waals surface area contributed by atoms with Crippen LogP contribution in [-0.2, 0) is 23.8 Å². The maximum absolute atomic E-state index is 13.6. The van der Waals surface area contributed by atoms with Crippen molar-refractivity contribution in [3.05, 3.63) is 83.9 Å². The van der Waals surface area contributed by atoms with E-state index in [1.54, 1.807) is 24.1 Å². The predicted molar refractivity (Wildman–Crippen MR) is 128 cm³/mol. The van der Waals surface area contributed by atoms with Gasteiger partial charge in [0, 0.05) is 16.8 Å². The summed E-state index contributed by atoms with van der Waals surface area (Å²) in [4.78, 5) is 28.5. The summed E-state index contributed by atoms with van der Waals surface area (Å²) in [6.45, 7) is 0. The summed E-state index contributed by atoms with van der Waals surface area (Å²) in [5, 5.41) is -0.818. The van der Waals surface area contributed by atoms with Crippen LogP contribution < -0.4 is 14.4 Å². The van der Waals surface area contributed by atoms with Crippen molar-refractivity contribution >= 4 is 29.4 Å². The highest BCUT2D eigenvalue weighted by molar-refractivity contribution is 8.02. The Bertz CT molecular complexity index is 1200. The molecule has 3 aromatic rings. The number of hydrogen-bond donors (Lipinski definition) is 0. The summed E-state index contributed by atoms with van der Waals surface area (Å²) >= 11 is 1.36. The first kappa shape index (κ1) is 22.2. The van der Waals surface area contributed by atoms with Crippen molar-refractivity contribution in [2.45, 2.75) is 16.2 Å². The van der Waals surface area contributed by atoms with E-state index in [2.05, 4.69) is 0 Å². The van der Waals surface area contributed by atoms with Crippen LogP contribution in [-0.4, -0.2) is 44.7 Å². The molecular formula is C26H23NO6S. The van der Waals surface area contributed by atoms with E-state index < -0.39 is 28.1 Å². The molecule has 3 aromatic carbocycles. The minimum absolute atomic E-state index is 0.465. The molecule has 2 atom stereocenters. The number of benzene rings is 3. The van der Waals surface area contributed by atoms with E-state index in [-0.39, 0.29) is 0 Å². The molecule has 5 rings (SSSR count).